The monoisotopic (exact) mass is 447 g/mol. The molecule has 0 bridgehead atoms. The summed E-state index contributed by atoms with van der Waals surface area (Å²) in [6.45, 7) is 5.29. The Labute approximate surface area is 183 Å². The molecule has 2 aromatic rings. The fourth-order valence-electron chi connectivity index (χ4n) is 2.58. The molecule has 31 heavy (non-hydrogen) atoms. The van der Waals surface area contributed by atoms with Crippen molar-refractivity contribution in [2.24, 2.45) is 11.7 Å². The zero-order valence-corrected chi connectivity index (χ0v) is 18.3. The van der Waals surface area contributed by atoms with Gasteiger partial charge in [-0.3, -0.25) is 14.4 Å². The number of benzene rings is 1. The minimum atomic E-state index is -0.949. The van der Waals surface area contributed by atoms with Crippen molar-refractivity contribution in [3.63, 3.8) is 0 Å². The van der Waals surface area contributed by atoms with Crippen LogP contribution in [0.2, 0.25) is 0 Å². The Morgan fingerprint density at radius 1 is 1.10 bits per heavy atom. The van der Waals surface area contributed by atoms with Crippen LogP contribution in [0.15, 0.2) is 35.7 Å². The summed E-state index contributed by atoms with van der Waals surface area (Å²) < 4.78 is 10.4. The lowest BCUT2D eigenvalue weighted by atomic mass is 10.0. The maximum absolute atomic E-state index is 12.5. The second kappa shape index (κ2) is 11.1. The number of ether oxygens (including phenoxy) is 2. The van der Waals surface area contributed by atoms with E-state index in [9.17, 15) is 19.2 Å². The predicted octanol–water partition coefficient (Wildman–Crippen LogP) is 2.18. The Morgan fingerprint density at radius 2 is 1.77 bits per heavy atom. The summed E-state index contributed by atoms with van der Waals surface area (Å²) >= 11 is 1.12. The van der Waals surface area contributed by atoms with Gasteiger partial charge < -0.3 is 25.8 Å². The molecule has 0 aliphatic rings. The van der Waals surface area contributed by atoms with Crippen molar-refractivity contribution in [1.82, 2.24) is 5.32 Å². The molecule has 1 heterocycles. The zero-order valence-electron chi connectivity index (χ0n) is 17.5. The number of carbonyl (C=O) groups is 4. The number of thiophene rings is 1. The average Bonchev–Trinajstić information content (AvgIpc) is 3.19. The van der Waals surface area contributed by atoms with E-state index < -0.39 is 36.3 Å². The number of esters is 1. The lowest BCUT2D eigenvalue weighted by molar-refractivity contribution is -0.150. The summed E-state index contributed by atoms with van der Waals surface area (Å²) in [6.07, 6.45) is 0. The molecule has 0 spiro atoms. The van der Waals surface area contributed by atoms with Crippen LogP contribution in [0, 0.1) is 5.92 Å². The number of rotatable bonds is 10. The van der Waals surface area contributed by atoms with Crippen LogP contribution >= 0.6 is 11.3 Å². The minimum Gasteiger partial charge on any atom is -0.494 e. The lowest BCUT2D eigenvalue weighted by Gasteiger charge is -2.21. The second-order valence-electron chi connectivity index (χ2n) is 6.84. The fourth-order valence-corrected chi connectivity index (χ4v) is 3.39. The first kappa shape index (κ1) is 23.9. The molecule has 2 rings (SSSR count). The third-order valence-corrected chi connectivity index (χ3v) is 4.99. The van der Waals surface area contributed by atoms with Crippen LogP contribution in [0.4, 0.5) is 5.00 Å². The molecule has 0 saturated carbocycles. The predicted molar refractivity (Wildman–Crippen MR) is 116 cm³/mol. The van der Waals surface area contributed by atoms with E-state index in [0.717, 1.165) is 11.3 Å². The van der Waals surface area contributed by atoms with Gasteiger partial charge in [0, 0.05) is 5.56 Å². The van der Waals surface area contributed by atoms with Crippen molar-refractivity contribution in [3.05, 3.63) is 46.8 Å². The Morgan fingerprint density at radius 3 is 2.35 bits per heavy atom. The van der Waals surface area contributed by atoms with Crippen LogP contribution in [0.5, 0.6) is 5.75 Å². The van der Waals surface area contributed by atoms with Gasteiger partial charge in [0.05, 0.1) is 12.2 Å². The highest BCUT2D eigenvalue weighted by atomic mass is 32.1. The van der Waals surface area contributed by atoms with Crippen molar-refractivity contribution in [2.75, 3.05) is 18.5 Å². The molecule has 9 nitrogen and oxygen atoms in total. The van der Waals surface area contributed by atoms with E-state index >= 15 is 0 Å². The van der Waals surface area contributed by atoms with Gasteiger partial charge in [-0.25, -0.2) is 4.79 Å². The number of carbonyl (C=O) groups excluding carboxylic acids is 4. The van der Waals surface area contributed by atoms with E-state index in [0.29, 0.717) is 17.9 Å². The van der Waals surface area contributed by atoms with Gasteiger partial charge in [-0.15, -0.1) is 11.3 Å². The number of nitrogens with one attached hydrogen (secondary N) is 2. The molecule has 1 aromatic heterocycles. The molecular formula is C21H25N3O6S. The first-order chi connectivity index (χ1) is 14.7. The second-order valence-corrected chi connectivity index (χ2v) is 7.75. The maximum atomic E-state index is 12.5. The van der Waals surface area contributed by atoms with Crippen molar-refractivity contribution in [3.8, 4) is 5.75 Å². The summed E-state index contributed by atoms with van der Waals surface area (Å²) in [5.74, 6) is -2.14. The lowest BCUT2D eigenvalue weighted by Crippen LogP contribution is -2.45. The van der Waals surface area contributed by atoms with Gasteiger partial charge in [-0.1, -0.05) is 13.8 Å². The van der Waals surface area contributed by atoms with Crippen molar-refractivity contribution in [2.45, 2.75) is 26.8 Å². The van der Waals surface area contributed by atoms with E-state index in [1.54, 1.807) is 43.5 Å². The third-order valence-electron chi connectivity index (χ3n) is 4.16. The molecule has 1 atom stereocenters. The first-order valence-corrected chi connectivity index (χ1v) is 10.5. The van der Waals surface area contributed by atoms with E-state index in [1.165, 1.54) is 6.07 Å². The number of hydrogen-bond acceptors (Lipinski definition) is 7. The van der Waals surface area contributed by atoms with Crippen molar-refractivity contribution in [1.29, 1.82) is 0 Å². The van der Waals surface area contributed by atoms with E-state index in [4.69, 9.17) is 15.2 Å². The third kappa shape index (κ3) is 6.82. The molecule has 166 valence electrons. The van der Waals surface area contributed by atoms with Crippen LogP contribution in [0.1, 0.15) is 41.5 Å². The molecular weight excluding hydrogens is 422 g/mol. The Balaban J connectivity index is 1.93. The van der Waals surface area contributed by atoms with Gasteiger partial charge in [0.2, 0.25) is 0 Å². The zero-order chi connectivity index (χ0) is 23.0. The molecule has 4 N–H and O–H groups in total. The van der Waals surface area contributed by atoms with E-state index in [1.807, 2.05) is 6.92 Å². The van der Waals surface area contributed by atoms with Gasteiger partial charge in [-0.2, -0.15) is 0 Å². The number of primary amides is 1. The van der Waals surface area contributed by atoms with Gasteiger partial charge in [0.25, 0.3) is 17.7 Å². The maximum Gasteiger partial charge on any atom is 0.329 e. The van der Waals surface area contributed by atoms with Crippen molar-refractivity contribution >= 4 is 40.0 Å². The van der Waals surface area contributed by atoms with Crippen molar-refractivity contribution < 1.29 is 28.7 Å². The minimum absolute atomic E-state index is 0.173. The molecule has 3 amide bonds. The Bertz CT molecular complexity index is 939. The number of nitrogens with two attached hydrogens (primary N) is 1. The highest BCUT2D eigenvalue weighted by molar-refractivity contribution is 7.14. The molecule has 10 heteroatoms. The fraction of sp³-hybridized carbons (Fsp3) is 0.333. The van der Waals surface area contributed by atoms with Gasteiger partial charge >= 0.3 is 5.97 Å². The molecule has 0 aliphatic carbocycles. The summed E-state index contributed by atoms with van der Waals surface area (Å²) in [5.41, 5.74) is 5.76. The normalized spacial score (nSPS) is 11.5. The highest BCUT2D eigenvalue weighted by Gasteiger charge is 2.27. The molecule has 0 unspecified atom stereocenters. The Hall–Kier alpha value is -3.40. The smallest absolute Gasteiger partial charge is 0.329 e. The van der Waals surface area contributed by atoms with Gasteiger partial charge in [-0.05, 0) is 48.6 Å². The SMILES string of the molecule is CCOc1ccc(C(=O)N[C@H](C(=O)OCC(=O)Nc2sccc2C(N)=O)C(C)C)cc1. The van der Waals surface area contributed by atoms with Crippen LogP contribution in [0.3, 0.4) is 0 Å². The first-order valence-electron chi connectivity index (χ1n) is 9.60. The topological polar surface area (TPSA) is 137 Å². The summed E-state index contributed by atoms with van der Waals surface area (Å²) in [7, 11) is 0. The quantitative estimate of drug-likeness (QED) is 0.478. The molecule has 0 aliphatic heterocycles. The van der Waals surface area contributed by atoms with E-state index in [2.05, 4.69) is 10.6 Å². The van der Waals surface area contributed by atoms with Crippen LogP contribution in [-0.4, -0.2) is 42.9 Å². The summed E-state index contributed by atoms with van der Waals surface area (Å²) in [4.78, 5) is 48.4. The van der Waals surface area contributed by atoms with Gasteiger partial charge in [0.1, 0.15) is 16.8 Å². The number of hydrogen-bond donors (Lipinski definition) is 3. The molecule has 0 fully saturated rings. The average molecular weight is 448 g/mol. The van der Waals surface area contributed by atoms with Crippen LogP contribution < -0.4 is 21.1 Å². The number of anilines is 1. The highest BCUT2D eigenvalue weighted by Crippen LogP contribution is 2.22. The molecule has 0 saturated heterocycles. The van der Waals surface area contributed by atoms with Crippen LogP contribution in [-0.2, 0) is 14.3 Å². The summed E-state index contributed by atoms with van der Waals surface area (Å²) in [6, 6.07) is 7.05. The molecule has 0 radical (unpaired) electrons. The molecule has 1 aromatic carbocycles. The van der Waals surface area contributed by atoms with E-state index in [-0.39, 0.29) is 16.5 Å². The van der Waals surface area contributed by atoms with Gasteiger partial charge in [0.15, 0.2) is 6.61 Å². The largest absolute Gasteiger partial charge is 0.494 e. The Kier molecular flexibility index (Phi) is 8.56. The number of amides is 3. The van der Waals surface area contributed by atoms with Crippen LogP contribution in [0.25, 0.3) is 0 Å². The summed E-state index contributed by atoms with van der Waals surface area (Å²) in [5, 5.41) is 6.99. The standard InChI is InChI=1S/C21H25N3O6S/c1-4-29-14-7-5-13(6-8-14)19(27)24-17(12(2)3)21(28)30-11-16(25)23-20-15(18(22)26)9-10-31-20/h5-10,12,17H,4,11H2,1-3H3,(H2,22,26)(H,23,25)(H,24,27)/t17-/m0/s1.